The van der Waals surface area contributed by atoms with Crippen LogP contribution < -0.4 is 5.32 Å². The molecule has 1 heterocycles. The van der Waals surface area contributed by atoms with Crippen molar-refractivity contribution in [3.8, 4) is 0 Å². The van der Waals surface area contributed by atoms with E-state index in [0.29, 0.717) is 5.56 Å². The quantitative estimate of drug-likeness (QED) is 0.864. The Kier molecular flexibility index (Phi) is 3.85. The van der Waals surface area contributed by atoms with Crippen LogP contribution in [0.3, 0.4) is 0 Å². The number of hydrogen-bond acceptors (Lipinski definition) is 2. The molecule has 1 unspecified atom stereocenters. The number of halogens is 2. The number of nitrogens with one attached hydrogen (secondary N) is 1. The minimum atomic E-state index is -0.730. The first-order chi connectivity index (χ1) is 9.08. The molecule has 0 aliphatic carbocycles. The molecule has 3 nitrogen and oxygen atoms in total. The first-order valence-corrected chi connectivity index (χ1v) is 5.75. The van der Waals surface area contributed by atoms with E-state index in [1.807, 2.05) is 0 Å². The summed E-state index contributed by atoms with van der Waals surface area (Å²) in [6.45, 7) is 1.66. The van der Waals surface area contributed by atoms with Crippen LogP contribution >= 0.6 is 0 Å². The number of rotatable bonds is 3. The predicted molar refractivity (Wildman–Crippen MR) is 66.5 cm³/mol. The molecule has 2 aromatic rings. The summed E-state index contributed by atoms with van der Waals surface area (Å²) >= 11 is 0. The Morgan fingerprint density at radius 3 is 2.68 bits per heavy atom. The van der Waals surface area contributed by atoms with Gasteiger partial charge in [-0.3, -0.25) is 4.79 Å². The molecule has 1 aromatic heterocycles. The number of amides is 1. The van der Waals surface area contributed by atoms with E-state index >= 15 is 0 Å². The van der Waals surface area contributed by atoms with Crippen molar-refractivity contribution in [3.05, 3.63) is 65.5 Å². The van der Waals surface area contributed by atoms with E-state index in [4.69, 9.17) is 0 Å². The van der Waals surface area contributed by atoms with Gasteiger partial charge in [-0.2, -0.15) is 4.39 Å². The van der Waals surface area contributed by atoms with E-state index in [-0.39, 0.29) is 5.56 Å². The minimum absolute atomic E-state index is 0.149. The smallest absolute Gasteiger partial charge is 0.251 e. The summed E-state index contributed by atoms with van der Waals surface area (Å²) in [4.78, 5) is 15.2. The van der Waals surface area contributed by atoms with Crippen LogP contribution in [0.1, 0.15) is 28.9 Å². The Morgan fingerprint density at radius 2 is 2.00 bits per heavy atom. The lowest BCUT2D eigenvalue weighted by molar-refractivity contribution is 0.0938. The molecule has 0 saturated carbocycles. The number of nitrogens with zero attached hydrogens (tertiary/aromatic N) is 1. The van der Waals surface area contributed by atoms with Crippen molar-refractivity contribution in [2.75, 3.05) is 0 Å². The highest BCUT2D eigenvalue weighted by Crippen LogP contribution is 2.16. The molecule has 1 atom stereocenters. The van der Waals surface area contributed by atoms with Gasteiger partial charge in [0.15, 0.2) is 0 Å². The Hall–Kier alpha value is -2.30. The summed E-state index contributed by atoms with van der Waals surface area (Å²) in [6.07, 6.45) is 1.21. The minimum Gasteiger partial charge on any atom is -0.345 e. The number of aromatic nitrogens is 1. The van der Waals surface area contributed by atoms with Gasteiger partial charge < -0.3 is 5.32 Å². The molecule has 0 fully saturated rings. The third kappa shape index (κ3) is 3.13. The van der Waals surface area contributed by atoms with Crippen LogP contribution in [0.15, 0.2) is 42.6 Å². The maximum absolute atomic E-state index is 13.5. The fourth-order valence-electron chi connectivity index (χ4n) is 1.73. The average Bonchev–Trinajstić information content (AvgIpc) is 2.39. The molecule has 0 aliphatic rings. The number of carbonyl (C=O) groups is 1. The maximum Gasteiger partial charge on any atom is 0.251 e. The van der Waals surface area contributed by atoms with Crippen molar-refractivity contribution in [1.29, 1.82) is 0 Å². The molecule has 19 heavy (non-hydrogen) atoms. The van der Waals surface area contributed by atoms with Gasteiger partial charge in [0.2, 0.25) is 5.95 Å². The molecule has 1 amide bonds. The van der Waals surface area contributed by atoms with E-state index in [9.17, 15) is 13.6 Å². The third-order valence-corrected chi connectivity index (χ3v) is 2.71. The summed E-state index contributed by atoms with van der Waals surface area (Å²) in [7, 11) is 0. The second-order valence-electron chi connectivity index (χ2n) is 4.08. The van der Waals surface area contributed by atoms with Gasteiger partial charge in [0.05, 0.1) is 6.04 Å². The van der Waals surface area contributed by atoms with E-state index in [1.54, 1.807) is 25.1 Å². The zero-order valence-corrected chi connectivity index (χ0v) is 10.2. The Bertz CT molecular complexity index is 602. The number of carbonyl (C=O) groups excluding carboxylic acids is 1. The molecule has 0 saturated heterocycles. The second kappa shape index (κ2) is 5.56. The van der Waals surface area contributed by atoms with Crippen LogP contribution in [-0.2, 0) is 0 Å². The summed E-state index contributed by atoms with van der Waals surface area (Å²) in [5.41, 5.74) is 0.529. The molecule has 5 heteroatoms. The highest BCUT2D eigenvalue weighted by molar-refractivity contribution is 5.94. The van der Waals surface area contributed by atoms with Gasteiger partial charge in [-0.25, -0.2) is 9.37 Å². The largest absolute Gasteiger partial charge is 0.345 e. The fourth-order valence-corrected chi connectivity index (χ4v) is 1.73. The fraction of sp³-hybridized carbons (Fsp3) is 0.143. The van der Waals surface area contributed by atoms with Gasteiger partial charge in [0.25, 0.3) is 5.91 Å². The Labute approximate surface area is 109 Å². The third-order valence-electron chi connectivity index (χ3n) is 2.71. The topological polar surface area (TPSA) is 42.0 Å². The SMILES string of the molecule is CC(NC(=O)c1ccnc(F)c1)c1ccccc1F. The van der Waals surface area contributed by atoms with Crippen molar-refractivity contribution in [3.63, 3.8) is 0 Å². The molecule has 98 valence electrons. The monoisotopic (exact) mass is 262 g/mol. The van der Waals surface area contributed by atoms with Crippen LogP contribution in [0.5, 0.6) is 0 Å². The maximum atomic E-state index is 13.5. The summed E-state index contributed by atoms with van der Waals surface area (Å²) < 4.78 is 26.4. The lowest BCUT2D eigenvalue weighted by atomic mass is 10.1. The zero-order chi connectivity index (χ0) is 13.8. The molecule has 0 bridgehead atoms. The lowest BCUT2D eigenvalue weighted by Crippen LogP contribution is -2.27. The lowest BCUT2D eigenvalue weighted by Gasteiger charge is -2.15. The van der Waals surface area contributed by atoms with Crippen LogP contribution in [0.4, 0.5) is 8.78 Å². The van der Waals surface area contributed by atoms with Crippen molar-refractivity contribution >= 4 is 5.91 Å². The first-order valence-electron chi connectivity index (χ1n) is 5.75. The molecule has 2 rings (SSSR count). The zero-order valence-electron chi connectivity index (χ0n) is 10.2. The summed E-state index contributed by atoms with van der Waals surface area (Å²) in [6, 6.07) is 8.09. The number of hydrogen-bond donors (Lipinski definition) is 1. The van der Waals surface area contributed by atoms with E-state index < -0.39 is 23.7 Å². The summed E-state index contributed by atoms with van der Waals surface area (Å²) in [5.74, 6) is -1.60. The van der Waals surface area contributed by atoms with Crippen molar-refractivity contribution in [2.45, 2.75) is 13.0 Å². The average molecular weight is 262 g/mol. The first kappa shape index (κ1) is 13.1. The number of benzene rings is 1. The standard InChI is InChI=1S/C14H12F2N2O/c1-9(11-4-2-3-5-12(11)15)18-14(19)10-6-7-17-13(16)8-10/h2-9H,1H3,(H,18,19). The van der Waals surface area contributed by atoms with E-state index in [2.05, 4.69) is 10.3 Å². The molecule has 0 aliphatic heterocycles. The molecular formula is C14H12F2N2O. The van der Waals surface area contributed by atoms with Gasteiger partial charge >= 0.3 is 0 Å². The van der Waals surface area contributed by atoms with Gasteiger partial charge in [-0.1, -0.05) is 18.2 Å². The van der Waals surface area contributed by atoms with Crippen LogP contribution in [-0.4, -0.2) is 10.9 Å². The second-order valence-corrected chi connectivity index (χ2v) is 4.08. The van der Waals surface area contributed by atoms with Gasteiger partial charge in [0.1, 0.15) is 5.82 Å². The normalized spacial score (nSPS) is 11.9. The Balaban J connectivity index is 2.13. The van der Waals surface area contributed by atoms with Gasteiger partial charge in [0, 0.05) is 23.4 Å². The van der Waals surface area contributed by atoms with Crippen LogP contribution in [0.2, 0.25) is 0 Å². The predicted octanol–water partition coefficient (Wildman–Crippen LogP) is 2.85. The summed E-state index contributed by atoms with van der Waals surface area (Å²) in [5, 5.41) is 2.61. The molecular weight excluding hydrogens is 250 g/mol. The Morgan fingerprint density at radius 1 is 1.26 bits per heavy atom. The number of pyridine rings is 1. The van der Waals surface area contributed by atoms with Crippen molar-refractivity contribution in [1.82, 2.24) is 10.3 Å². The van der Waals surface area contributed by atoms with E-state index in [1.165, 1.54) is 18.3 Å². The molecule has 0 spiro atoms. The van der Waals surface area contributed by atoms with Gasteiger partial charge in [-0.05, 0) is 19.1 Å². The highest BCUT2D eigenvalue weighted by atomic mass is 19.1. The van der Waals surface area contributed by atoms with Crippen molar-refractivity contribution in [2.24, 2.45) is 0 Å². The van der Waals surface area contributed by atoms with Crippen LogP contribution in [0, 0.1) is 11.8 Å². The molecule has 1 aromatic carbocycles. The van der Waals surface area contributed by atoms with E-state index in [0.717, 1.165) is 6.07 Å². The highest BCUT2D eigenvalue weighted by Gasteiger charge is 2.14. The van der Waals surface area contributed by atoms with Crippen LogP contribution in [0.25, 0.3) is 0 Å². The molecule has 1 N–H and O–H groups in total. The molecule has 0 radical (unpaired) electrons. The van der Waals surface area contributed by atoms with Gasteiger partial charge in [-0.15, -0.1) is 0 Å². The van der Waals surface area contributed by atoms with Crippen molar-refractivity contribution < 1.29 is 13.6 Å².